The number of nitrogens with two attached hydrogens (primary N) is 1. The van der Waals surface area contributed by atoms with Crippen molar-refractivity contribution >= 4 is 0 Å². The number of aromatic nitrogens is 2. The first-order chi connectivity index (χ1) is 7.81. The zero-order valence-electron chi connectivity index (χ0n) is 9.26. The van der Waals surface area contributed by atoms with Crippen LogP contribution in [0.3, 0.4) is 0 Å². The van der Waals surface area contributed by atoms with Crippen molar-refractivity contribution < 1.29 is 4.74 Å². The largest absolute Gasteiger partial charge is 0.497 e. The maximum Gasteiger partial charge on any atom is 0.119 e. The van der Waals surface area contributed by atoms with E-state index in [2.05, 4.69) is 5.10 Å². The normalized spacial score (nSPS) is 10.4. The van der Waals surface area contributed by atoms with E-state index in [1.807, 2.05) is 35.1 Å². The molecule has 0 fully saturated rings. The SMILES string of the molecule is COc1cccc(Cn2cc(CN)cn2)c1. The molecule has 4 heteroatoms. The zero-order chi connectivity index (χ0) is 11.4. The molecule has 0 aliphatic rings. The predicted octanol–water partition coefficient (Wildman–Crippen LogP) is 1.40. The lowest BCUT2D eigenvalue weighted by molar-refractivity contribution is 0.414. The summed E-state index contributed by atoms with van der Waals surface area (Å²) in [6.45, 7) is 1.26. The fourth-order valence-electron chi connectivity index (χ4n) is 1.56. The fraction of sp³-hybridized carbons (Fsp3) is 0.250. The van der Waals surface area contributed by atoms with Gasteiger partial charge in [0.15, 0.2) is 0 Å². The zero-order valence-corrected chi connectivity index (χ0v) is 9.26. The van der Waals surface area contributed by atoms with E-state index in [1.54, 1.807) is 13.3 Å². The molecule has 0 radical (unpaired) electrons. The van der Waals surface area contributed by atoms with Crippen molar-refractivity contribution in [1.82, 2.24) is 9.78 Å². The van der Waals surface area contributed by atoms with E-state index in [9.17, 15) is 0 Å². The quantitative estimate of drug-likeness (QED) is 0.842. The first kappa shape index (κ1) is 10.7. The predicted molar refractivity (Wildman–Crippen MR) is 62.2 cm³/mol. The maximum absolute atomic E-state index is 5.53. The van der Waals surface area contributed by atoms with Gasteiger partial charge in [-0.15, -0.1) is 0 Å². The van der Waals surface area contributed by atoms with Crippen LogP contribution in [0.15, 0.2) is 36.7 Å². The van der Waals surface area contributed by atoms with Gasteiger partial charge in [-0.3, -0.25) is 4.68 Å². The summed E-state index contributed by atoms with van der Waals surface area (Å²) in [5.41, 5.74) is 7.73. The fourth-order valence-corrected chi connectivity index (χ4v) is 1.56. The number of benzene rings is 1. The molecule has 2 aromatic rings. The molecule has 0 aliphatic carbocycles. The van der Waals surface area contributed by atoms with Crippen molar-refractivity contribution in [2.24, 2.45) is 5.73 Å². The van der Waals surface area contributed by atoms with Gasteiger partial charge in [-0.05, 0) is 17.7 Å². The van der Waals surface area contributed by atoms with Crippen molar-refractivity contribution in [3.8, 4) is 5.75 Å². The van der Waals surface area contributed by atoms with Gasteiger partial charge in [0.2, 0.25) is 0 Å². The van der Waals surface area contributed by atoms with Gasteiger partial charge in [0.1, 0.15) is 5.75 Å². The van der Waals surface area contributed by atoms with E-state index >= 15 is 0 Å². The number of nitrogens with zero attached hydrogens (tertiary/aromatic N) is 2. The Balaban J connectivity index is 2.13. The van der Waals surface area contributed by atoms with E-state index in [4.69, 9.17) is 10.5 Å². The second-order valence-corrected chi connectivity index (χ2v) is 3.60. The van der Waals surface area contributed by atoms with Crippen LogP contribution in [0.2, 0.25) is 0 Å². The van der Waals surface area contributed by atoms with E-state index < -0.39 is 0 Å². The maximum atomic E-state index is 5.53. The lowest BCUT2D eigenvalue weighted by Gasteiger charge is -2.04. The molecule has 16 heavy (non-hydrogen) atoms. The minimum atomic E-state index is 0.526. The number of rotatable bonds is 4. The van der Waals surface area contributed by atoms with Crippen molar-refractivity contribution in [1.29, 1.82) is 0 Å². The highest BCUT2D eigenvalue weighted by molar-refractivity contribution is 5.28. The van der Waals surface area contributed by atoms with E-state index in [1.165, 1.54) is 0 Å². The number of ether oxygens (including phenoxy) is 1. The molecule has 0 unspecified atom stereocenters. The van der Waals surface area contributed by atoms with Crippen LogP contribution in [0.5, 0.6) is 5.75 Å². The van der Waals surface area contributed by atoms with E-state index in [0.717, 1.165) is 23.4 Å². The molecule has 2 N–H and O–H groups in total. The molecule has 4 nitrogen and oxygen atoms in total. The topological polar surface area (TPSA) is 53.1 Å². The molecule has 0 saturated carbocycles. The summed E-state index contributed by atoms with van der Waals surface area (Å²) < 4.78 is 7.04. The molecule has 1 aromatic heterocycles. The summed E-state index contributed by atoms with van der Waals surface area (Å²) in [5.74, 6) is 0.865. The van der Waals surface area contributed by atoms with Crippen LogP contribution in [-0.2, 0) is 13.1 Å². The summed E-state index contributed by atoms with van der Waals surface area (Å²) in [5, 5.41) is 4.23. The van der Waals surface area contributed by atoms with Crippen LogP contribution >= 0.6 is 0 Å². The number of hydrogen-bond donors (Lipinski definition) is 1. The van der Waals surface area contributed by atoms with Gasteiger partial charge < -0.3 is 10.5 Å². The molecule has 1 aromatic carbocycles. The van der Waals surface area contributed by atoms with Crippen molar-refractivity contribution in [3.63, 3.8) is 0 Å². The molecular formula is C12H15N3O. The van der Waals surface area contributed by atoms with Gasteiger partial charge in [0.05, 0.1) is 19.9 Å². The summed E-state index contributed by atoms with van der Waals surface area (Å²) >= 11 is 0. The van der Waals surface area contributed by atoms with Crippen molar-refractivity contribution in [3.05, 3.63) is 47.8 Å². The molecule has 1 heterocycles. The number of methoxy groups -OCH3 is 1. The third-order valence-electron chi connectivity index (χ3n) is 2.40. The Labute approximate surface area is 94.6 Å². The smallest absolute Gasteiger partial charge is 0.119 e. The lowest BCUT2D eigenvalue weighted by atomic mass is 10.2. The van der Waals surface area contributed by atoms with Gasteiger partial charge in [-0.25, -0.2) is 0 Å². The Bertz CT molecular complexity index is 465. The van der Waals surface area contributed by atoms with Gasteiger partial charge in [-0.2, -0.15) is 5.10 Å². The summed E-state index contributed by atoms with van der Waals surface area (Å²) in [7, 11) is 1.67. The average Bonchev–Trinajstić information content (AvgIpc) is 2.77. The van der Waals surface area contributed by atoms with E-state index in [0.29, 0.717) is 6.54 Å². The van der Waals surface area contributed by atoms with Gasteiger partial charge >= 0.3 is 0 Å². The highest BCUT2D eigenvalue weighted by Gasteiger charge is 1.99. The van der Waals surface area contributed by atoms with Gasteiger partial charge in [0, 0.05) is 18.3 Å². The molecule has 0 bridgehead atoms. The summed E-state index contributed by atoms with van der Waals surface area (Å²) in [6.07, 6.45) is 3.75. The van der Waals surface area contributed by atoms with Crippen LogP contribution < -0.4 is 10.5 Å². The Morgan fingerprint density at radius 2 is 2.25 bits per heavy atom. The second kappa shape index (κ2) is 4.81. The van der Waals surface area contributed by atoms with Crippen LogP contribution in [-0.4, -0.2) is 16.9 Å². The van der Waals surface area contributed by atoms with Crippen molar-refractivity contribution in [2.75, 3.05) is 7.11 Å². The molecule has 84 valence electrons. The Morgan fingerprint density at radius 1 is 1.38 bits per heavy atom. The van der Waals surface area contributed by atoms with E-state index in [-0.39, 0.29) is 0 Å². The van der Waals surface area contributed by atoms with Gasteiger partial charge in [0.25, 0.3) is 0 Å². The molecule has 2 rings (SSSR count). The molecule has 0 amide bonds. The molecule has 0 spiro atoms. The van der Waals surface area contributed by atoms with Crippen LogP contribution in [0.1, 0.15) is 11.1 Å². The Kier molecular flexibility index (Phi) is 3.22. The lowest BCUT2D eigenvalue weighted by Crippen LogP contribution is -2.00. The summed E-state index contributed by atoms with van der Waals surface area (Å²) in [4.78, 5) is 0. The van der Waals surface area contributed by atoms with Crippen molar-refractivity contribution in [2.45, 2.75) is 13.1 Å². The third kappa shape index (κ3) is 2.41. The van der Waals surface area contributed by atoms with Crippen LogP contribution in [0.4, 0.5) is 0 Å². The standard InChI is InChI=1S/C12H15N3O/c1-16-12-4-2-3-10(5-12)8-15-9-11(6-13)7-14-15/h2-5,7,9H,6,8,13H2,1H3. The molecule has 0 aliphatic heterocycles. The van der Waals surface area contributed by atoms with Crippen LogP contribution in [0, 0.1) is 0 Å². The average molecular weight is 217 g/mol. The number of hydrogen-bond acceptors (Lipinski definition) is 3. The monoisotopic (exact) mass is 217 g/mol. The third-order valence-corrected chi connectivity index (χ3v) is 2.40. The summed E-state index contributed by atoms with van der Waals surface area (Å²) in [6, 6.07) is 7.95. The molecular weight excluding hydrogens is 202 g/mol. The molecule has 0 atom stereocenters. The van der Waals surface area contributed by atoms with Gasteiger partial charge in [-0.1, -0.05) is 12.1 Å². The minimum absolute atomic E-state index is 0.526. The minimum Gasteiger partial charge on any atom is -0.497 e. The highest BCUT2D eigenvalue weighted by Crippen LogP contribution is 2.13. The highest BCUT2D eigenvalue weighted by atomic mass is 16.5. The Hall–Kier alpha value is -1.81. The first-order valence-electron chi connectivity index (χ1n) is 5.16. The van der Waals surface area contributed by atoms with Crippen LogP contribution in [0.25, 0.3) is 0 Å². The second-order valence-electron chi connectivity index (χ2n) is 3.60. The Morgan fingerprint density at radius 3 is 2.94 bits per heavy atom. The molecule has 0 saturated heterocycles. The first-order valence-corrected chi connectivity index (χ1v) is 5.16.